The van der Waals surface area contributed by atoms with Crippen molar-refractivity contribution in [1.82, 2.24) is 4.90 Å². The van der Waals surface area contributed by atoms with Crippen molar-refractivity contribution in [2.45, 2.75) is 57.6 Å². The molecule has 2 rings (SSSR count). The maximum atomic E-state index is 10.3. The summed E-state index contributed by atoms with van der Waals surface area (Å²) in [6, 6.07) is 8.22. The lowest BCUT2D eigenvalue weighted by Gasteiger charge is -2.34. The van der Waals surface area contributed by atoms with Crippen LogP contribution in [0.25, 0.3) is 0 Å². The lowest BCUT2D eigenvalue weighted by atomic mass is 9.84. The fourth-order valence-electron chi connectivity index (χ4n) is 3.35. The van der Waals surface area contributed by atoms with Gasteiger partial charge in [-0.1, -0.05) is 37.1 Å². The van der Waals surface area contributed by atoms with Crippen LogP contribution in [0.4, 0.5) is 0 Å². The Kier molecular flexibility index (Phi) is 6.53. The van der Waals surface area contributed by atoms with E-state index >= 15 is 0 Å². The van der Waals surface area contributed by atoms with Gasteiger partial charge >= 0.3 is 0 Å². The third-order valence-electron chi connectivity index (χ3n) is 5.03. The molecule has 1 saturated carbocycles. The second-order valence-corrected chi connectivity index (χ2v) is 6.86. The van der Waals surface area contributed by atoms with Gasteiger partial charge in [-0.25, -0.2) is 0 Å². The van der Waals surface area contributed by atoms with Crippen LogP contribution in [0.1, 0.15) is 57.1 Å². The van der Waals surface area contributed by atoms with Gasteiger partial charge in [0.05, 0.1) is 6.10 Å². The fourth-order valence-corrected chi connectivity index (χ4v) is 3.48. The van der Waals surface area contributed by atoms with Gasteiger partial charge < -0.3 is 10.0 Å². The van der Waals surface area contributed by atoms with Crippen LogP contribution in [0.15, 0.2) is 24.3 Å². The predicted molar refractivity (Wildman–Crippen MR) is 89.7 cm³/mol. The molecule has 118 valence electrons. The maximum Gasteiger partial charge on any atom is 0.0802 e. The van der Waals surface area contributed by atoms with Gasteiger partial charge in [0.1, 0.15) is 0 Å². The monoisotopic (exact) mass is 309 g/mol. The standard InChI is InChI=1S/C18H28ClNO/c1-3-14-4-10-17(11-5-14)20(2)13-12-18(21)15-6-8-16(19)9-7-15/h6-9,14,17-18,21H,3-5,10-13H2,1-2H3. The minimum Gasteiger partial charge on any atom is -0.388 e. The van der Waals surface area contributed by atoms with E-state index in [2.05, 4.69) is 18.9 Å². The maximum absolute atomic E-state index is 10.3. The van der Waals surface area contributed by atoms with Gasteiger partial charge in [-0.05, 0) is 62.8 Å². The van der Waals surface area contributed by atoms with Gasteiger partial charge in [-0.2, -0.15) is 0 Å². The highest BCUT2D eigenvalue weighted by Crippen LogP contribution is 2.29. The smallest absolute Gasteiger partial charge is 0.0802 e. The average Bonchev–Trinajstić information content (AvgIpc) is 2.53. The predicted octanol–water partition coefficient (Wildman–Crippen LogP) is 4.66. The van der Waals surface area contributed by atoms with Crippen molar-refractivity contribution in [3.63, 3.8) is 0 Å². The Balaban J connectivity index is 1.76. The third-order valence-corrected chi connectivity index (χ3v) is 5.28. The zero-order chi connectivity index (χ0) is 15.2. The van der Waals surface area contributed by atoms with Gasteiger partial charge in [0.2, 0.25) is 0 Å². The molecule has 1 fully saturated rings. The number of rotatable bonds is 6. The van der Waals surface area contributed by atoms with Gasteiger partial charge in [0.25, 0.3) is 0 Å². The average molecular weight is 310 g/mol. The van der Waals surface area contributed by atoms with Crippen LogP contribution in [0.5, 0.6) is 0 Å². The highest BCUT2D eigenvalue weighted by molar-refractivity contribution is 6.30. The molecule has 1 atom stereocenters. The second kappa shape index (κ2) is 8.17. The largest absolute Gasteiger partial charge is 0.388 e. The molecule has 0 bridgehead atoms. The lowest BCUT2D eigenvalue weighted by Crippen LogP contribution is -2.36. The summed E-state index contributed by atoms with van der Waals surface area (Å²) in [5, 5.41) is 11.0. The Labute approximate surface area is 134 Å². The van der Waals surface area contributed by atoms with Crippen LogP contribution in [-0.2, 0) is 0 Å². The summed E-state index contributed by atoms with van der Waals surface area (Å²) in [5.41, 5.74) is 0.961. The molecule has 0 radical (unpaired) electrons. The van der Waals surface area contributed by atoms with E-state index < -0.39 is 6.10 Å². The molecule has 0 saturated heterocycles. The van der Waals surface area contributed by atoms with E-state index in [1.54, 1.807) is 0 Å². The van der Waals surface area contributed by atoms with Crippen LogP contribution >= 0.6 is 11.6 Å². The van der Waals surface area contributed by atoms with Crippen LogP contribution in [0.2, 0.25) is 5.02 Å². The first-order valence-electron chi connectivity index (χ1n) is 8.24. The molecule has 3 heteroatoms. The molecule has 1 N–H and O–H groups in total. The SMILES string of the molecule is CCC1CCC(N(C)CCC(O)c2ccc(Cl)cc2)CC1. The first-order chi connectivity index (χ1) is 10.1. The number of halogens is 1. The summed E-state index contributed by atoms with van der Waals surface area (Å²) in [6.07, 6.45) is 7.07. The quantitative estimate of drug-likeness (QED) is 0.826. The van der Waals surface area contributed by atoms with Gasteiger partial charge in [0, 0.05) is 17.6 Å². The number of benzene rings is 1. The van der Waals surface area contributed by atoms with E-state index in [1.165, 1.54) is 32.1 Å². The van der Waals surface area contributed by atoms with Crippen molar-refractivity contribution in [2.75, 3.05) is 13.6 Å². The summed E-state index contributed by atoms with van der Waals surface area (Å²) in [4.78, 5) is 2.44. The summed E-state index contributed by atoms with van der Waals surface area (Å²) >= 11 is 5.88. The van der Waals surface area contributed by atoms with E-state index in [9.17, 15) is 5.11 Å². The van der Waals surface area contributed by atoms with E-state index in [4.69, 9.17) is 11.6 Å². The molecular weight excluding hydrogens is 282 g/mol. The molecule has 0 amide bonds. The summed E-state index contributed by atoms with van der Waals surface area (Å²) < 4.78 is 0. The molecule has 0 heterocycles. The Morgan fingerprint density at radius 1 is 1.19 bits per heavy atom. The Hall–Kier alpha value is -0.570. The third kappa shape index (κ3) is 4.98. The topological polar surface area (TPSA) is 23.5 Å². The molecule has 1 aromatic rings. The van der Waals surface area contributed by atoms with Crippen LogP contribution in [-0.4, -0.2) is 29.6 Å². The Bertz CT molecular complexity index is 412. The number of aliphatic hydroxyl groups is 1. The minimum atomic E-state index is -0.392. The molecular formula is C18H28ClNO. The van der Waals surface area contributed by atoms with Crippen LogP contribution in [0.3, 0.4) is 0 Å². The van der Waals surface area contributed by atoms with Gasteiger partial charge in [-0.3, -0.25) is 0 Å². The van der Waals surface area contributed by atoms with Crippen molar-refractivity contribution in [3.05, 3.63) is 34.9 Å². The highest BCUT2D eigenvalue weighted by atomic mass is 35.5. The molecule has 2 nitrogen and oxygen atoms in total. The van der Waals surface area contributed by atoms with Crippen molar-refractivity contribution < 1.29 is 5.11 Å². The van der Waals surface area contributed by atoms with Crippen molar-refractivity contribution in [1.29, 1.82) is 0 Å². The molecule has 1 aliphatic carbocycles. The normalized spacial score (nSPS) is 24.2. The summed E-state index contributed by atoms with van der Waals surface area (Å²) in [6.45, 7) is 3.25. The Morgan fingerprint density at radius 3 is 2.38 bits per heavy atom. The molecule has 1 unspecified atom stereocenters. The van der Waals surface area contributed by atoms with E-state index in [0.717, 1.165) is 29.5 Å². The molecule has 0 aromatic heterocycles. The van der Waals surface area contributed by atoms with Crippen molar-refractivity contribution in [2.24, 2.45) is 5.92 Å². The van der Waals surface area contributed by atoms with Crippen LogP contribution in [0, 0.1) is 5.92 Å². The van der Waals surface area contributed by atoms with Crippen molar-refractivity contribution in [3.8, 4) is 0 Å². The summed E-state index contributed by atoms with van der Waals surface area (Å²) in [5.74, 6) is 0.939. The van der Waals surface area contributed by atoms with E-state index in [-0.39, 0.29) is 0 Å². The lowest BCUT2D eigenvalue weighted by molar-refractivity contribution is 0.117. The minimum absolute atomic E-state index is 0.392. The molecule has 1 aliphatic rings. The summed E-state index contributed by atoms with van der Waals surface area (Å²) in [7, 11) is 2.20. The number of hydrogen-bond acceptors (Lipinski definition) is 2. The highest BCUT2D eigenvalue weighted by Gasteiger charge is 2.23. The first-order valence-corrected chi connectivity index (χ1v) is 8.61. The first kappa shape index (κ1) is 16.8. The zero-order valence-corrected chi connectivity index (χ0v) is 14.0. The molecule has 1 aromatic carbocycles. The van der Waals surface area contributed by atoms with E-state index in [1.807, 2.05) is 24.3 Å². The Morgan fingerprint density at radius 2 is 1.81 bits per heavy atom. The molecule has 0 spiro atoms. The van der Waals surface area contributed by atoms with E-state index in [0.29, 0.717) is 6.04 Å². The zero-order valence-electron chi connectivity index (χ0n) is 13.3. The van der Waals surface area contributed by atoms with Crippen LogP contribution < -0.4 is 0 Å². The number of nitrogens with zero attached hydrogens (tertiary/aromatic N) is 1. The fraction of sp³-hybridized carbons (Fsp3) is 0.667. The van der Waals surface area contributed by atoms with Gasteiger partial charge in [-0.15, -0.1) is 0 Å². The number of hydrogen-bond donors (Lipinski definition) is 1. The van der Waals surface area contributed by atoms with Crippen molar-refractivity contribution >= 4 is 11.6 Å². The molecule has 0 aliphatic heterocycles. The van der Waals surface area contributed by atoms with Gasteiger partial charge in [0.15, 0.2) is 0 Å². The number of aliphatic hydroxyl groups excluding tert-OH is 1. The molecule has 21 heavy (non-hydrogen) atoms. The second-order valence-electron chi connectivity index (χ2n) is 6.42.